The zero-order valence-corrected chi connectivity index (χ0v) is 10.4. The Bertz CT molecular complexity index is 533. The van der Waals surface area contributed by atoms with Gasteiger partial charge >= 0.3 is 0 Å². The van der Waals surface area contributed by atoms with Gasteiger partial charge in [0.2, 0.25) is 5.89 Å². The minimum atomic E-state index is 0.500. The van der Waals surface area contributed by atoms with Crippen LogP contribution in [0.15, 0.2) is 22.6 Å². The second-order valence-electron chi connectivity index (χ2n) is 4.64. The van der Waals surface area contributed by atoms with E-state index in [9.17, 15) is 0 Å². The van der Waals surface area contributed by atoms with Gasteiger partial charge in [0.05, 0.1) is 0 Å². The van der Waals surface area contributed by atoms with Crippen molar-refractivity contribution in [1.29, 1.82) is 0 Å². The van der Waals surface area contributed by atoms with Gasteiger partial charge in [0.15, 0.2) is 0 Å². The van der Waals surface area contributed by atoms with Gasteiger partial charge in [0, 0.05) is 24.7 Å². The minimum absolute atomic E-state index is 0.500. The summed E-state index contributed by atoms with van der Waals surface area (Å²) < 4.78 is 5.60. The average molecular weight is 244 g/mol. The lowest BCUT2D eigenvalue weighted by Gasteiger charge is -1.98. The molecule has 18 heavy (non-hydrogen) atoms. The van der Waals surface area contributed by atoms with Crippen LogP contribution in [0.2, 0.25) is 0 Å². The fraction of sp³-hybridized carbons (Fsp3) is 0.462. The predicted octanol–water partition coefficient (Wildman–Crippen LogP) is 1.73. The molecule has 2 aromatic rings. The standard InChI is InChI=1S/C13H16N4O/c1-9-3-2-4-11(15-9)13-17-16-12(18-13)7-8-14-10-5-6-10/h2-4,10,14H,5-8H2,1H3. The molecule has 0 aromatic carbocycles. The first-order valence-corrected chi connectivity index (χ1v) is 6.31. The third-order valence-corrected chi connectivity index (χ3v) is 2.92. The van der Waals surface area contributed by atoms with Gasteiger partial charge in [-0.05, 0) is 31.9 Å². The van der Waals surface area contributed by atoms with Crippen LogP contribution in [-0.4, -0.2) is 27.8 Å². The highest BCUT2D eigenvalue weighted by atomic mass is 16.4. The molecule has 0 aliphatic heterocycles. The van der Waals surface area contributed by atoms with Crippen LogP contribution in [0.3, 0.4) is 0 Å². The topological polar surface area (TPSA) is 63.8 Å². The first kappa shape index (κ1) is 11.3. The molecule has 1 aliphatic rings. The van der Waals surface area contributed by atoms with Crippen LogP contribution >= 0.6 is 0 Å². The van der Waals surface area contributed by atoms with E-state index in [1.807, 2.05) is 25.1 Å². The molecule has 0 spiro atoms. The van der Waals surface area contributed by atoms with Crippen molar-refractivity contribution in [2.45, 2.75) is 32.2 Å². The molecule has 1 aliphatic carbocycles. The third kappa shape index (κ3) is 2.73. The van der Waals surface area contributed by atoms with Crippen molar-refractivity contribution in [3.8, 4) is 11.6 Å². The normalized spacial score (nSPS) is 14.9. The molecule has 1 saturated carbocycles. The number of rotatable bonds is 5. The molecule has 0 atom stereocenters. The minimum Gasteiger partial charge on any atom is -0.419 e. The van der Waals surface area contributed by atoms with E-state index in [1.54, 1.807) is 0 Å². The SMILES string of the molecule is Cc1cccc(-c2nnc(CCNC3CC3)o2)n1. The number of hydrogen-bond acceptors (Lipinski definition) is 5. The lowest BCUT2D eigenvalue weighted by molar-refractivity contribution is 0.492. The zero-order valence-electron chi connectivity index (χ0n) is 10.4. The molecule has 1 fully saturated rings. The Kier molecular flexibility index (Phi) is 3.06. The summed E-state index contributed by atoms with van der Waals surface area (Å²) in [5.74, 6) is 1.17. The Morgan fingerprint density at radius 3 is 3.00 bits per heavy atom. The van der Waals surface area contributed by atoms with E-state index in [0.29, 0.717) is 17.8 Å². The molecule has 5 nitrogen and oxygen atoms in total. The Balaban J connectivity index is 1.64. The summed E-state index contributed by atoms with van der Waals surface area (Å²) in [6.07, 6.45) is 3.36. The molecule has 2 heterocycles. The predicted molar refractivity (Wildman–Crippen MR) is 67.0 cm³/mol. The van der Waals surface area contributed by atoms with E-state index in [4.69, 9.17) is 4.42 Å². The van der Waals surface area contributed by atoms with Crippen LogP contribution in [-0.2, 0) is 6.42 Å². The maximum Gasteiger partial charge on any atom is 0.266 e. The Morgan fingerprint density at radius 2 is 2.22 bits per heavy atom. The van der Waals surface area contributed by atoms with Crippen LogP contribution in [0.25, 0.3) is 11.6 Å². The fourth-order valence-corrected chi connectivity index (χ4v) is 1.79. The Hall–Kier alpha value is -1.75. The van der Waals surface area contributed by atoms with Crippen molar-refractivity contribution < 1.29 is 4.42 Å². The number of nitrogens with zero attached hydrogens (tertiary/aromatic N) is 3. The van der Waals surface area contributed by atoms with E-state index < -0.39 is 0 Å². The van der Waals surface area contributed by atoms with Gasteiger partial charge < -0.3 is 9.73 Å². The lowest BCUT2D eigenvalue weighted by atomic mass is 10.3. The van der Waals surface area contributed by atoms with Gasteiger partial charge in [-0.15, -0.1) is 10.2 Å². The van der Waals surface area contributed by atoms with Crippen LogP contribution in [0.5, 0.6) is 0 Å². The highest BCUT2D eigenvalue weighted by Crippen LogP contribution is 2.19. The zero-order chi connectivity index (χ0) is 12.4. The van der Waals surface area contributed by atoms with Crippen LogP contribution in [0.4, 0.5) is 0 Å². The van der Waals surface area contributed by atoms with Crippen LogP contribution < -0.4 is 5.32 Å². The number of pyridine rings is 1. The summed E-state index contributed by atoms with van der Waals surface area (Å²) in [6, 6.07) is 6.48. The van der Waals surface area contributed by atoms with Gasteiger partial charge in [-0.25, -0.2) is 4.98 Å². The summed E-state index contributed by atoms with van der Waals surface area (Å²) in [5, 5.41) is 11.5. The van der Waals surface area contributed by atoms with Crippen molar-refractivity contribution in [3.05, 3.63) is 29.8 Å². The first-order valence-electron chi connectivity index (χ1n) is 6.31. The molecule has 3 rings (SSSR count). The molecule has 0 radical (unpaired) electrons. The van der Waals surface area contributed by atoms with Crippen molar-refractivity contribution >= 4 is 0 Å². The summed E-state index contributed by atoms with van der Waals surface area (Å²) in [5.41, 5.74) is 1.69. The van der Waals surface area contributed by atoms with E-state index in [2.05, 4.69) is 20.5 Å². The highest BCUT2D eigenvalue weighted by Gasteiger charge is 2.20. The van der Waals surface area contributed by atoms with Crippen molar-refractivity contribution in [1.82, 2.24) is 20.5 Å². The van der Waals surface area contributed by atoms with Crippen molar-refractivity contribution in [3.63, 3.8) is 0 Å². The third-order valence-electron chi connectivity index (χ3n) is 2.92. The van der Waals surface area contributed by atoms with E-state index in [0.717, 1.165) is 24.4 Å². The van der Waals surface area contributed by atoms with E-state index in [1.165, 1.54) is 12.8 Å². The second-order valence-corrected chi connectivity index (χ2v) is 4.64. The maximum absolute atomic E-state index is 5.60. The summed E-state index contributed by atoms with van der Waals surface area (Å²) in [7, 11) is 0. The quantitative estimate of drug-likeness (QED) is 0.867. The lowest BCUT2D eigenvalue weighted by Crippen LogP contribution is -2.19. The second kappa shape index (κ2) is 4.86. The van der Waals surface area contributed by atoms with Crippen LogP contribution in [0.1, 0.15) is 24.4 Å². The van der Waals surface area contributed by atoms with Crippen LogP contribution in [0, 0.1) is 6.92 Å². The Morgan fingerprint density at radius 1 is 1.33 bits per heavy atom. The smallest absolute Gasteiger partial charge is 0.266 e. The molecule has 94 valence electrons. The van der Waals surface area contributed by atoms with Crippen molar-refractivity contribution in [2.24, 2.45) is 0 Å². The molecule has 2 aromatic heterocycles. The summed E-state index contributed by atoms with van der Waals surface area (Å²) in [4.78, 5) is 4.36. The van der Waals surface area contributed by atoms with Crippen molar-refractivity contribution in [2.75, 3.05) is 6.54 Å². The van der Waals surface area contributed by atoms with Gasteiger partial charge in [-0.1, -0.05) is 6.07 Å². The number of aromatic nitrogens is 3. The van der Waals surface area contributed by atoms with E-state index in [-0.39, 0.29) is 0 Å². The average Bonchev–Trinajstić information content (AvgIpc) is 3.06. The van der Waals surface area contributed by atoms with Gasteiger partial charge in [0.1, 0.15) is 5.69 Å². The summed E-state index contributed by atoms with van der Waals surface area (Å²) >= 11 is 0. The Labute approximate surface area is 106 Å². The summed E-state index contributed by atoms with van der Waals surface area (Å²) in [6.45, 7) is 2.84. The first-order chi connectivity index (χ1) is 8.81. The highest BCUT2D eigenvalue weighted by molar-refractivity contribution is 5.45. The molecule has 1 N–H and O–H groups in total. The number of aryl methyl sites for hydroxylation is 1. The van der Waals surface area contributed by atoms with Gasteiger partial charge in [-0.3, -0.25) is 0 Å². The van der Waals surface area contributed by atoms with Gasteiger partial charge in [-0.2, -0.15) is 0 Å². The monoisotopic (exact) mass is 244 g/mol. The number of hydrogen-bond donors (Lipinski definition) is 1. The largest absolute Gasteiger partial charge is 0.419 e. The fourth-order valence-electron chi connectivity index (χ4n) is 1.79. The number of nitrogens with one attached hydrogen (secondary N) is 1. The molecule has 0 saturated heterocycles. The molecular formula is C13H16N4O. The molecule has 0 bridgehead atoms. The molecule has 5 heteroatoms. The van der Waals surface area contributed by atoms with E-state index >= 15 is 0 Å². The molecule has 0 amide bonds. The molecular weight excluding hydrogens is 228 g/mol. The molecule has 0 unspecified atom stereocenters. The van der Waals surface area contributed by atoms with Gasteiger partial charge in [0.25, 0.3) is 5.89 Å². The maximum atomic E-state index is 5.60.